The molecule has 0 aliphatic heterocycles. The van der Waals surface area contributed by atoms with Gasteiger partial charge in [0.05, 0.1) is 20.3 Å². The lowest BCUT2D eigenvalue weighted by Gasteiger charge is -2.14. The van der Waals surface area contributed by atoms with Crippen molar-refractivity contribution in [2.45, 2.75) is 20.4 Å². The van der Waals surface area contributed by atoms with Gasteiger partial charge in [-0.05, 0) is 57.8 Å². The Hall–Kier alpha value is -2.53. The first-order chi connectivity index (χ1) is 15.5. The Balaban J connectivity index is 0.00000544. The molecule has 0 unspecified atom stereocenters. The van der Waals surface area contributed by atoms with Crippen LogP contribution in [0.3, 0.4) is 0 Å². The number of amides is 1. The summed E-state index contributed by atoms with van der Waals surface area (Å²) in [4.78, 5) is 19.1. The maximum Gasteiger partial charge on any atom is 0.251 e. The van der Waals surface area contributed by atoms with Crippen molar-refractivity contribution in [1.82, 2.24) is 15.5 Å². The fourth-order valence-corrected chi connectivity index (χ4v) is 2.94. The molecule has 2 aromatic carbocycles. The van der Waals surface area contributed by atoms with Crippen LogP contribution in [0.15, 0.2) is 47.5 Å². The van der Waals surface area contributed by atoms with Gasteiger partial charge in [0.1, 0.15) is 0 Å². The molecule has 3 N–H and O–H groups in total. The van der Waals surface area contributed by atoms with Crippen molar-refractivity contribution >= 4 is 41.5 Å². The van der Waals surface area contributed by atoms with Crippen LogP contribution in [0.1, 0.15) is 29.8 Å². The number of halogens is 1. The van der Waals surface area contributed by atoms with Gasteiger partial charge in [-0.15, -0.1) is 24.0 Å². The molecular formula is C24H36IN5O3. The van der Waals surface area contributed by atoms with Gasteiger partial charge < -0.3 is 30.3 Å². The first kappa shape index (κ1) is 28.5. The number of likely N-dealkylation sites (N-methyl/N-ethyl adjacent to an activating group) is 1. The number of methoxy groups -OCH3 is 1. The zero-order valence-corrected chi connectivity index (χ0v) is 22.4. The van der Waals surface area contributed by atoms with Crippen LogP contribution in [0, 0.1) is 0 Å². The molecule has 33 heavy (non-hydrogen) atoms. The standard InChI is InChI=1S/C24H35N5O3.HI/c1-6-25-24(28-20-11-12-21(32-7-2)22(16-20)31-5)27-17-18-9-8-10-19(15-18)23(30)26-13-14-29(3)4;/h8-12,15-16H,6-7,13-14,17H2,1-5H3,(H,26,30)(H2,25,27,28);1H. The van der Waals surface area contributed by atoms with E-state index in [2.05, 4.69) is 20.9 Å². The van der Waals surface area contributed by atoms with E-state index < -0.39 is 0 Å². The van der Waals surface area contributed by atoms with Gasteiger partial charge >= 0.3 is 0 Å². The van der Waals surface area contributed by atoms with E-state index in [0.717, 1.165) is 17.8 Å². The Labute approximate surface area is 214 Å². The molecule has 2 aromatic rings. The first-order valence-corrected chi connectivity index (χ1v) is 10.8. The Kier molecular flexibility index (Phi) is 13.2. The highest BCUT2D eigenvalue weighted by molar-refractivity contribution is 14.0. The Bertz CT molecular complexity index is 905. The van der Waals surface area contributed by atoms with Gasteiger partial charge in [0.25, 0.3) is 5.91 Å². The van der Waals surface area contributed by atoms with E-state index in [-0.39, 0.29) is 29.9 Å². The molecule has 0 heterocycles. The van der Waals surface area contributed by atoms with E-state index in [1.54, 1.807) is 7.11 Å². The number of aliphatic imine (C=N–C) groups is 1. The van der Waals surface area contributed by atoms with Crippen LogP contribution in [0.5, 0.6) is 11.5 Å². The predicted molar refractivity (Wildman–Crippen MR) is 145 cm³/mol. The second-order valence-electron chi connectivity index (χ2n) is 7.38. The number of benzene rings is 2. The summed E-state index contributed by atoms with van der Waals surface area (Å²) in [6.45, 7) is 7.06. The largest absolute Gasteiger partial charge is 0.493 e. The third kappa shape index (κ3) is 9.87. The highest BCUT2D eigenvalue weighted by Crippen LogP contribution is 2.30. The quantitative estimate of drug-likeness (QED) is 0.218. The molecule has 0 radical (unpaired) electrons. The molecule has 2 rings (SSSR count). The minimum absolute atomic E-state index is 0. The zero-order chi connectivity index (χ0) is 23.3. The van der Waals surface area contributed by atoms with Crippen molar-refractivity contribution < 1.29 is 14.3 Å². The van der Waals surface area contributed by atoms with Crippen LogP contribution >= 0.6 is 24.0 Å². The summed E-state index contributed by atoms with van der Waals surface area (Å²) in [5.41, 5.74) is 2.41. The molecule has 1 amide bonds. The number of guanidine groups is 1. The summed E-state index contributed by atoms with van der Waals surface area (Å²) in [7, 11) is 5.57. The zero-order valence-electron chi connectivity index (χ0n) is 20.1. The van der Waals surface area contributed by atoms with Crippen molar-refractivity contribution in [2.75, 3.05) is 52.8 Å². The van der Waals surface area contributed by atoms with Gasteiger partial charge in [-0.1, -0.05) is 12.1 Å². The van der Waals surface area contributed by atoms with E-state index >= 15 is 0 Å². The van der Waals surface area contributed by atoms with E-state index in [4.69, 9.17) is 9.47 Å². The molecule has 8 nitrogen and oxygen atoms in total. The van der Waals surface area contributed by atoms with Crippen LogP contribution in [-0.2, 0) is 6.54 Å². The first-order valence-electron chi connectivity index (χ1n) is 10.8. The summed E-state index contributed by atoms with van der Waals surface area (Å²) < 4.78 is 11.0. The van der Waals surface area contributed by atoms with Crippen LogP contribution in [0.4, 0.5) is 5.69 Å². The summed E-state index contributed by atoms with van der Waals surface area (Å²) in [6, 6.07) is 13.2. The summed E-state index contributed by atoms with van der Waals surface area (Å²) >= 11 is 0. The van der Waals surface area contributed by atoms with Crippen molar-refractivity contribution in [3.8, 4) is 11.5 Å². The number of hydrogen-bond donors (Lipinski definition) is 3. The average Bonchev–Trinajstić information content (AvgIpc) is 2.78. The lowest BCUT2D eigenvalue weighted by molar-refractivity contribution is 0.0951. The predicted octanol–water partition coefficient (Wildman–Crippen LogP) is 3.58. The minimum atomic E-state index is -0.0794. The van der Waals surface area contributed by atoms with Crippen molar-refractivity contribution in [1.29, 1.82) is 0 Å². The van der Waals surface area contributed by atoms with Crippen molar-refractivity contribution in [2.24, 2.45) is 4.99 Å². The molecule has 0 aliphatic carbocycles. The lowest BCUT2D eigenvalue weighted by atomic mass is 10.1. The van der Waals surface area contributed by atoms with Gasteiger partial charge in [-0.2, -0.15) is 0 Å². The van der Waals surface area contributed by atoms with Gasteiger partial charge in [0.2, 0.25) is 0 Å². The number of ether oxygens (including phenoxy) is 2. The van der Waals surface area contributed by atoms with Crippen LogP contribution < -0.4 is 25.4 Å². The van der Waals surface area contributed by atoms with Crippen molar-refractivity contribution in [3.63, 3.8) is 0 Å². The second kappa shape index (κ2) is 15.3. The Morgan fingerprint density at radius 3 is 2.52 bits per heavy atom. The van der Waals surface area contributed by atoms with Crippen molar-refractivity contribution in [3.05, 3.63) is 53.6 Å². The molecular weight excluding hydrogens is 533 g/mol. The number of anilines is 1. The number of carbonyl (C=O) groups excluding carboxylic acids is 1. The van der Waals surface area contributed by atoms with Gasteiger partial charge in [0, 0.05) is 37.0 Å². The van der Waals surface area contributed by atoms with Crippen LogP contribution in [0.25, 0.3) is 0 Å². The SMILES string of the molecule is CCNC(=NCc1cccc(C(=O)NCCN(C)C)c1)Nc1ccc(OCC)c(OC)c1.I. The minimum Gasteiger partial charge on any atom is -0.493 e. The molecule has 0 spiro atoms. The number of carbonyl (C=O) groups is 1. The molecule has 182 valence electrons. The molecule has 0 aliphatic rings. The molecule has 0 saturated carbocycles. The summed E-state index contributed by atoms with van der Waals surface area (Å²) in [5, 5.41) is 9.46. The third-order valence-electron chi connectivity index (χ3n) is 4.52. The maximum atomic E-state index is 12.4. The molecule has 0 aromatic heterocycles. The highest BCUT2D eigenvalue weighted by Gasteiger charge is 2.08. The van der Waals surface area contributed by atoms with Crippen LogP contribution in [0.2, 0.25) is 0 Å². The molecule has 0 bridgehead atoms. The Morgan fingerprint density at radius 2 is 1.85 bits per heavy atom. The summed E-state index contributed by atoms with van der Waals surface area (Å²) in [6.07, 6.45) is 0. The average molecular weight is 569 g/mol. The molecule has 9 heteroatoms. The normalized spacial score (nSPS) is 10.9. The topological polar surface area (TPSA) is 87.2 Å². The Morgan fingerprint density at radius 1 is 1.06 bits per heavy atom. The number of hydrogen-bond acceptors (Lipinski definition) is 5. The highest BCUT2D eigenvalue weighted by atomic mass is 127. The van der Waals surface area contributed by atoms with Gasteiger partial charge in [0.15, 0.2) is 17.5 Å². The number of rotatable bonds is 11. The lowest BCUT2D eigenvalue weighted by Crippen LogP contribution is -2.31. The third-order valence-corrected chi connectivity index (χ3v) is 4.52. The van der Waals surface area contributed by atoms with Crippen LogP contribution in [-0.4, -0.2) is 64.2 Å². The molecule has 0 atom stereocenters. The summed E-state index contributed by atoms with van der Waals surface area (Å²) in [5.74, 6) is 1.91. The fourth-order valence-electron chi connectivity index (χ4n) is 2.94. The van der Waals surface area contributed by atoms with E-state index in [1.807, 2.05) is 75.3 Å². The van der Waals surface area contributed by atoms with E-state index in [0.29, 0.717) is 49.3 Å². The monoisotopic (exact) mass is 569 g/mol. The van der Waals surface area contributed by atoms with Gasteiger partial charge in [-0.3, -0.25) is 4.79 Å². The van der Waals surface area contributed by atoms with Gasteiger partial charge in [-0.25, -0.2) is 4.99 Å². The fraction of sp³-hybridized carbons (Fsp3) is 0.417. The molecule has 0 saturated heterocycles. The smallest absolute Gasteiger partial charge is 0.251 e. The second-order valence-corrected chi connectivity index (χ2v) is 7.38. The number of nitrogens with one attached hydrogen (secondary N) is 3. The molecule has 0 fully saturated rings. The van der Waals surface area contributed by atoms with E-state index in [1.165, 1.54) is 0 Å². The van der Waals surface area contributed by atoms with E-state index in [9.17, 15) is 4.79 Å². The maximum absolute atomic E-state index is 12.4. The number of nitrogens with zero attached hydrogens (tertiary/aromatic N) is 2.